The van der Waals surface area contributed by atoms with Gasteiger partial charge in [0.05, 0.1) is 6.61 Å². The lowest BCUT2D eigenvalue weighted by atomic mass is 9.86. The van der Waals surface area contributed by atoms with E-state index >= 15 is 0 Å². The van der Waals surface area contributed by atoms with Crippen LogP contribution in [0.2, 0.25) is 0 Å². The molecule has 184 valence electrons. The van der Waals surface area contributed by atoms with E-state index in [2.05, 4.69) is 36.9 Å². The molecule has 1 aliphatic rings. The Balaban J connectivity index is 1.41. The fraction of sp³-hybridized carbons (Fsp3) is 0.367. The van der Waals surface area contributed by atoms with Crippen LogP contribution >= 0.6 is 0 Å². The molecule has 3 aromatic carbocycles. The van der Waals surface area contributed by atoms with E-state index in [-0.39, 0.29) is 24.4 Å². The Kier molecular flexibility index (Phi) is 7.99. The van der Waals surface area contributed by atoms with Gasteiger partial charge in [-0.25, -0.2) is 4.39 Å². The lowest BCUT2D eigenvalue weighted by Crippen LogP contribution is -2.40. The maximum atomic E-state index is 13.2. The average molecular weight is 475 g/mol. The van der Waals surface area contributed by atoms with E-state index in [1.54, 1.807) is 12.1 Å². The molecule has 1 amide bonds. The standard InChI is InChI=1S/C30H35FN2O2/c1-21(2)33(16-17-34)20-22-4-5-27-19-29(15-12-26(27)18-22)32(3)30(35)25-8-6-23(7-9-25)24-10-13-28(31)14-11-24/h4-11,13-14,18,21,29,34H,12,15-17,19-20H2,1-3H3. The number of likely N-dealkylation sites (N-methyl/N-ethyl adjacent to an activating group) is 1. The van der Waals surface area contributed by atoms with Crippen molar-refractivity contribution in [1.29, 1.82) is 0 Å². The number of carbonyl (C=O) groups is 1. The summed E-state index contributed by atoms with van der Waals surface area (Å²) < 4.78 is 13.2. The third-order valence-electron chi connectivity index (χ3n) is 7.15. The van der Waals surface area contributed by atoms with Crippen LogP contribution in [0.15, 0.2) is 66.7 Å². The molecular formula is C30H35FN2O2. The maximum absolute atomic E-state index is 13.2. The molecule has 35 heavy (non-hydrogen) atoms. The molecule has 5 heteroatoms. The van der Waals surface area contributed by atoms with Crippen molar-refractivity contribution in [3.8, 4) is 11.1 Å². The van der Waals surface area contributed by atoms with Gasteiger partial charge < -0.3 is 10.0 Å². The highest BCUT2D eigenvalue weighted by Crippen LogP contribution is 2.27. The maximum Gasteiger partial charge on any atom is 0.253 e. The largest absolute Gasteiger partial charge is 0.395 e. The number of amides is 1. The minimum atomic E-state index is -0.258. The number of hydrogen-bond donors (Lipinski definition) is 1. The van der Waals surface area contributed by atoms with Gasteiger partial charge in [-0.05, 0) is 85.2 Å². The Morgan fingerprint density at radius 3 is 2.29 bits per heavy atom. The minimum absolute atomic E-state index is 0.0253. The minimum Gasteiger partial charge on any atom is -0.395 e. The van der Waals surface area contributed by atoms with Gasteiger partial charge in [-0.15, -0.1) is 0 Å². The van der Waals surface area contributed by atoms with E-state index in [0.717, 1.165) is 36.9 Å². The zero-order valence-electron chi connectivity index (χ0n) is 20.9. The Labute approximate surface area is 208 Å². The van der Waals surface area contributed by atoms with Crippen LogP contribution in [-0.4, -0.2) is 53.1 Å². The zero-order chi connectivity index (χ0) is 24.9. The number of rotatable bonds is 8. The summed E-state index contributed by atoms with van der Waals surface area (Å²) in [5.41, 5.74) is 6.51. The predicted octanol–water partition coefficient (Wildman–Crippen LogP) is 5.32. The van der Waals surface area contributed by atoms with Gasteiger partial charge in [-0.3, -0.25) is 9.69 Å². The normalized spacial score (nSPS) is 15.3. The highest BCUT2D eigenvalue weighted by atomic mass is 19.1. The van der Waals surface area contributed by atoms with Crippen molar-refractivity contribution < 1.29 is 14.3 Å². The monoisotopic (exact) mass is 474 g/mol. The molecule has 0 spiro atoms. The highest BCUT2D eigenvalue weighted by Gasteiger charge is 2.26. The van der Waals surface area contributed by atoms with Gasteiger partial charge in [0.2, 0.25) is 0 Å². The molecule has 0 radical (unpaired) electrons. The summed E-state index contributed by atoms with van der Waals surface area (Å²) >= 11 is 0. The molecule has 0 saturated carbocycles. The molecule has 0 heterocycles. The van der Waals surface area contributed by atoms with Gasteiger partial charge in [0.25, 0.3) is 5.91 Å². The second kappa shape index (κ2) is 11.1. The smallest absolute Gasteiger partial charge is 0.253 e. The van der Waals surface area contributed by atoms with Crippen LogP contribution in [0.25, 0.3) is 11.1 Å². The number of aliphatic hydroxyl groups is 1. The van der Waals surface area contributed by atoms with Crippen molar-refractivity contribution >= 4 is 5.91 Å². The topological polar surface area (TPSA) is 43.8 Å². The van der Waals surface area contributed by atoms with Crippen molar-refractivity contribution in [2.75, 3.05) is 20.2 Å². The summed E-state index contributed by atoms with van der Waals surface area (Å²) in [7, 11) is 1.90. The lowest BCUT2D eigenvalue weighted by Gasteiger charge is -2.33. The molecular weight excluding hydrogens is 439 g/mol. The molecule has 1 atom stereocenters. The van der Waals surface area contributed by atoms with Crippen molar-refractivity contribution in [1.82, 2.24) is 9.80 Å². The average Bonchev–Trinajstić information content (AvgIpc) is 2.87. The third-order valence-corrected chi connectivity index (χ3v) is 7.15. The van der Waals surface area contributed by atoms with Crippen LogP contribution in [-0.2, 0) is 19.4 Å². The van der Waals surface area contributed by atoms with Crippen molar-refractivity contribution in [3.05, 3.63) is 94.8 Å². The van der Waals surface area contributed by atoms with Crippen molar-refractivity contribution in [2.45, 2.75) is 51.7 Å². The number of nitrogens with zero attached hydrogens (tertiary/aromatic N) is 2. The molecule has 1 N–H and O–H groups in total. The fourth-order valence-electron chi connectivity index (χ4n) is 4.92. The second-order valence-electron chi connectivity index (χ2n) is 9.79. The van der Waals surface area contributed by atoms with E-state index in [9.17, 15) is 14.3 Å². The van der Waals surface area contributed by atoms with Gasteiger partial charge in [-0.2, -0.15) is 0 Å². The van der Waals surface area contributed by atoms with E-state index in [1.165, 1.54) is 28.8 Å². The first-order chi connectivity index (χ1) is 16.9. The van der Waals surface area contributed by atoms with Crippen LogP contribution in [0.1, 0.15) is 47.3 Å². The molecule has 0 aliphatic heterocycles. The number of hydrogen-bond acceptors (Lipinski definition) is 3. The first-order valence-electron chi connectivity index (χ1n) is 12.4. The predicted molar refractivity (Wildman–Crippen MR) is 139 cm³/mol. The summed E-state index contributed by atoms with van der Waals surface area (Å²) in [5.74, 6) is -0.232. The molecule has 1 unspecified atom stereocenters. The van der Waals surface area contributed by atoms with Gasteiger partial charge in [-0.1, -0.05) is 42.5 Å². The van der Waals surface area contributed by atoms with E-state index < -0.39 is 0 Å². The molecule has 0 fully saturated rings. The number of halogens is 1. The fourth-order valence-corrected chi connectivity index (χ4v) is 4.92. The molecule has 4 nitrogen and oxygen atoms in total. The Morgan fingerprint density at radius 1 is 1.00 bits per heavy atom. The molecule has 4 rings (SSSR count). The van der Waals surface area contributed by atoms with Crippen LogP contribution in [0.5, 0.6) is 0 Å². The van der Waals surface area contributed by atoms with Gasteiger partial charge in [0.15, 0.2) is 0 Å². The Bertz CT molecular complexity index is 1140. The van der Waals surface area contributed by atoms with Gasteiger partial charge in [0, 0.05) is 37.8 Å². The van der Waals surface area contributed by atoms with Crippen LogP contribution < -0.4 is 0 Å². The first-order valence-corrected chi connectivity index (χ1v) is 12.4. The summed E-state index contributed by atoms with van der Waals surface area (Å²) in [6.07, 6.45) is 2.75. The summed E-state index contributed by atoms with van der Waals surface area (Å²) in [6.45, 7) is 5.99. The molecule has 3 aromatic rings. The first kappa shape index (κ1) is 25.1. The van der Waals surface area contributed by atoms with E-state index in [1.807, 2.05) is 36.2 Å². The van der Waals surface area contributed by atoms with E-state index in [4.69, 9.17) is 0 Å². The SMILES string of the molecule is CC(C)N(CCO)Cc1ccc2c(c1)CCC(N(C)C(=O)c1ccc(-c3ccc(F)cc3)cc1)C2. The Hall–Kier alpha value is -3.02. The molecule has 1 aliphatic carbocycles. The zero-order valence-corrected chi connectivity index (χ0v) is 20.9. The number of fused-ring (bicyclic) bond motifs is 1. The lowest BCUT2D eigenvalue weighted by molar-refractivity contribution is 0.0719. The quantitative estimate of drug-likeness (QED) is 0.480. The summed E-state index contributed by atoms with van der Waals surface area (Å²) in [4.78, 5) is 17.4. The van der Waals surface area contributed by atoms with Gasteiger partial charge in [0.1, 0.15) is 5.82 Å². The molecule has 0 bridgehead atoms. The number of carbonyl (C=O) groups excluding carboxylic acids is 1. The van der Waals surface area contributed by atoms with Crippen LogP contribution in [0.4, 0.5) is 4.39 Å². The highest BCUT2D eigenvalue weighted by molar-refractivity contribution is 5.94. The number of aliphatic hydroxyl groups excluding tert-OH is 1. The molecule has 0 saturated heterocycles. The summed E-state index contributed by atoms with van der Waals surface area (Å²) in [5, 5.41) is 9.35. The number of aryl methyl sites for hydroxylation is 1. The summed E-state index contributed by atoms with van der Waals surface area (Å²) in [6, 6.07) is 21.2. The number of benzene rings is 3. The second-order valence-corrected chi connectivity index (χ2v) is 9.79. The van der Waals surface area contributed by atoms with E-state index in [0.29, 0.717) is 18.2 Å². The van der Waals surface area contributed by atoms with Crippen molar-refractivity contribution in [2.24, 2.45) is 0 Å². The van der Waals surface area contributed by atoms with Crippen molar-refractivity contribution in [3.63, 3.8) is 0 Å². The van der Waals surface area contributed by atoms with Gasteiger partial charge >= 0.3 is 0 Å². The van der Waals surface area contributed by atoms with Crippen LogP contribution in [0.3, 0.4) is 0 Å². The Morgan fingerprint density at radius 2 is 1.66 bits per heavy atom. The molecule has 0 aromatic heterocycles. The van der Waals surface area contributed by atoms with Crippen LogP contribution in [0, 0.1) is 5.82 Å². The third kappa shape index (κ3) is 5.98.